The van der Waals surface area contributed by atoms with Gasteiger partial charge in [0.25, 0.3) is 0 Å². The lowest BCUT2D eigenvalue weighted by Gasteiger charge is -2.15. The summed E-state index contributed by atoms with van der Waals surface area (Å²) in [5.74, 6) is 0.515. The molecule has 0 aliphatic carbocycles. The first-order valence-corrected chi connectivity index (χ1v) is 6.41. The summed E-state index contributed by atoms with van der Waals surface area (Å²) in [6, 6.07) is 3.35. The minimum Gasteiger partial charge on any atom is -0.503 e. The van der Waals surface area contributed by atoms with Gasteiger partial charge in [0.15, 0.2) is 11.5 Å². The average Bonchev–Trinajstić information content (AvgIpc) is 2.31. The molecule has 0 saturated heterocycles. The molecule has 4 nitrogen and oxygen atoms in total. The normalized spacial score (nSPS) is 11.8. The van der Waals surface area contributed by atoms with Gasteiger partial charge in [0.2, 0.25) is 0 Å². The Morgan fingerprint density at radius 2 is 2.11 bits per heavy atom. The van der Waals surface area contributed by atoms with Gasteiger partial charge in [-0.25, -0.2) is 0 Å². The van der Waals surface area contributed by atoms with E-state index in [9.17, 15) is 5.11 Å². The SMILES string of the molecule is CCOc1cc([C@H](N)CCCO)cc(Br)c1O.Cl. The number of aromatic hydroxyl groups is 1. The third-order valence-electron chi connectivity index (χ3n) is 2.45. The van der Waals surface area contributed by atoms with Crippen LogP contribution in [0, 0.1) is 0 Å². The number of benzene rings is 1. The van der Waals surface area contributed by atoms with Crippen LogP contribution in [0.5, 0.6) is 11.5 Å². The molecule has 0 heterocycles. The zero-order chi connectivity index (χ0) is 12.8. The lowest BCUT2D eigenvalue weighted by Crippen LogP contribution is -2.11. The van der Waals surface area contributed by atoms with Crippen LogP contribution in [0.15, 0.2) is 16.6 Å². The molecular formula is C12H19BrClNO3. The Labute approximate surface area is 122 Å². The van der Waals surface area contributed by atoms with Gasteiger partial charge in [-0.05, 0) is 53.4 Å². The maximum absolute atomic E-state index is 9.76. The van der Waals surface area contributed by atoms with Gasteiger partial charge in [0.1, 0.15) is 0 Å². The van der Waals surface area contributed by atoms with Crippen LogP contribution in [0.3, 0.4) is 0 Å². The van der Waals surface area contributed by atoms with Crippen LogP contribution in [0.4, 0.5) is 0 Å². The van der Waals surface area contributed by atoms with Crippen molar-refractivity contribution in [1.29, 1.82) is 0 Å². The minimum absolute atomic E-state index is 0. The molecule has 0 spiro atoms. The van der Waals surface area contributed by atoms with Crippen LogP contribution in [-0.4, -0.2) is 23.4 Å². The number of aliphatic hydroxyl groups is 1. The van der Waals surface area contributed by atoms with Crippen LogP contribution >= 0.6 is 28.3 Å². The number of ether oxygens (including phenoxy) is 1. The van der Waals surface area contributed by atoms with Crippen molar-refractivity contribution < 1.29 is 14.9 Å². The van der Waals surface area contributed by atoms with Crippen molar-refractivity contribution >= 4 is 28.3 Å². The summed E-state index contributed by atoms with van der Waals surface area (Å²) in [7, 11) is 0. The van der Waals surface area contributed by atoms with E-state index in [-0.39, 0.29) is 30.8 Å². The smallest absolute Gasteiger partial charge is 0.172 e. The molecule has 4 N–H and O–H groups in total. The van der Waals surface area contributed by atoms with Gasteiger partial charge in [-0.1, -0.05) is 0 Å². The summed E-state index contributed by atoms with van der Waals surface area (Å²) in [4.78, 5) is 0. The van der Waals surface area contributed by atoms with Gasteiger partial charge in [-0.15, -0.1) is 12.4 Å². The van der Waals surface area contributed by atoms with E-state index in [0.717, 1.165) is 5.56 Å². The van der Waals surface area contributed by atoms with Gasteiger partial charge in [0.05, 0.1) is 11.1 Å². The summed E-state index contributed by atoms with van der Waals surface area (Å²) in [6.45, 7) is 2.46. The standard InChI is InChI=1S/C12H18BrNO3.ClH/c1-2-17-11-7-8(6-9(13)12(11)16)10(14)4-3-5-15;/h6-7,10,15-16H,2-5,14H2,1H3;1H/t10-;/m1./s1. The van der Waals surface area contributed by atoms with Crippen LogP contribution < -0.4 is 10.5 Å². The van der Waals surface area contributed by atoms with E-state index in [1.807, 2.05) is 6.92 Å². The van der Waals surface area contributed by atoms with E-state index >= 15 is 0 Å². The Balaban J connectivity index is 0.00000289. The number of rotatable bonds is 6. The van der Waals surface area contributed by atoms with Gasteiger partial charge in [-0.3, -0.25) is 0 Å². The van der Waals surface area contributed by atoms with E-state index in [1.54, 1.807) is 12.1 Å². The highest BCUT2D eigenvalue weighted by molar-refractivity contribution is 9.10. The summed E-state index contributed by atoms with van der Waals surface area (Å²) in [5.41, 5.74) is 6.88. The summed E-state index contributed by atoms with van der Waals surface area (Å²) < 4.78 is 5.90. The summed E-state index contributed by atoms with van der Waals surface area (Å²) in [6.07, 6.45) is 1.35. The maximum Gasteiger partial charge on any atom is 0.172 e. The molecule has 0 saturated carbocycles. The summed E-state index contributed by atoms with van der Waals surface area (Å²) >= 11 is 3.27. The second-order valence-corrected chi connectivity index (χ2v) is 4.61. The lowest BCUT2D eigenvalue weighted by molar-refractivity contribution is 0.279. The van der Waals surface area contributed by atoms with Gasteiger partial charge in [0, 0.05) is 12.6 Å². The number of hydrogen-bond donors (Lipinski definition) is 3. The fourth-order valence-electron chi connectivity index (χ4n) is 1.55. The lowest BCUT2D eigenvalue weighted by atomic mass is 10.0. The monoisotopic (exact) mass is 339 g/mol. The fraction of sp³-hybridized carbons (Fsp3) is 0.500. The molecule has 1 aromatic rings. The molecule has 0 aliphatic heterocycles. The number of halogens is 2. The van der Waals surface area contributed by atoms with Crippen molar-refractivity contribution in [2.24, 2.45) is 5.73 Å². The number of phenols is 1. The van der Waals surface area contributed by atoms with Crippen molar-refractivity contribution in [3.63, 3.8) is 0 Å². The topological polar surface area (TPSA) is 75.7 Å². The molecule has 0 unspecified atom stereocenters. The number of aliphatic hydroxyl groups excluding tert-OH is 1. The first kappa shape index (κ1) is 17.5. The molecule has 6 heteroatoms. The van der Waals surface area contributed by atoms with Gasteiger partial charge < -0.3 is 20.7 Å². The molecule has 0 radical (unpaired) electrons. The number of nitrogens with two attached hydrogens (primary N) is 1. The Morgan fingerprint density at radius 3 is 2.67 bits per heavy atom. The minimum atomic E-state index is -0.168. The van der Waals surface area contributed by atoms with Gasteiger partial charge >= 0.3 is 0 Å². The van der Waals surface area contributed by atoms with Crippen molar-refractivity contribution in [1.82, 2.24) is 0 Å². The molecule has 1 aromatic carbocycles. The maximum atomic E-state index is 9.76. The Hall–Kier alpha value is -0.490. The molecule has 0 fully saturated rings. The largest absolute Gasteiger partial charge is 0.503 e. The van der Waals surface area contributed by atoms with Crippen molar-refractivity contribution in [3.8, 4) is 11.5 Å². The molecule has 1 atom stereocenters. The zero-order valence-electron chi connectivity index (χ0n) is 10.2. The predicted molar refractivity (Wildman–Crippen MR) is 77.5 cm³/mol. The highest BCUT2D eigenvalue weighted by Crippen LogP contribution is 2.37. The van der Waals surface area contributed by atoms with E-state index in [2.05, 4.69) is 15.9 Å². The number of phenolic OH excluding ortho intramolecular Hbond substituents is 1. The quantitative estimate of drug-likeness (QED) is 0.744. The van der Waals surface area contributed by atoms with Crippen LogP contribution in [0.25, 0.3) is 0 Å². The molecule has 18 heavy (non-hydrogen) atoms. The second kappa shape index (κ2) is 8.58. The molecular weight excluding hydrogens is 321 g/mol. The second-order valence-electron chi connectivity index (χ2n) is 3.75. The van der Waals surface area contributed by atoms with Crippen LogP contribution in [0.1, 0.15) is 31.4 Å². The molecule has 104 valence electrons. The Bertz CT molecular complexity index is 377. The molecule has 0 aliphatic rings. The van der Waals surface area contributed by atoms with E-state index < -0.39 is 0 Å². The van der Waals surface area contributed by atoms with Crippen LogP contribution in [0.2, 0.25) is 0 Å². The van der Waals surface area contributed by atoms with Crippen molar-refractivity contribution in [2.45, 2.75) is 25.8 Å². The van der Waals surface area contributed by atoms with Crippen molar-refractivity contribution in [2.75, 3.05) is 13.2 Å². The molecule has 0 amide bonds. The van der Waals surface area contributed by atoms with E-state index in [0.29, 0.717) is 29.7 Å². The predicted octanol–water partition coefficient (Wildman–Crippen LogP) is 2.75. The van der Waals surface area contributed by atoms with Crippen LogP contribution in [-0.2, 0) is 0 Å². The Kier molecular flexibility index (Phi) is 8.35. The molecule has 0 bridgehead atoms. The Morgan fingerprint density at radius 1 is 1.44 bits per heavy atom. The fourth-order valence-corrected chi connectivity index (χ4v) is 2.01. The average molecular weight is 341 g/mol. The summed E-state index contributed by atoms with van der Waals surface area (Å²) in [5, 5.41) is 18.5. The first-order valence-electron chi connectivity index (χ1n) is 5.61. The van der Waals surface area contributed by atoms with E-state index in [4.69, 9.17) is 15.6 Å². The first-order chi connectivity index (χ1) is 8.10. The van der Waals surface area contributed by atoms with Crippen molar-refractivity contribution in [3.05, 3.63) is 22.2 Å². The third-order valence-corrected chi connectivity index (χ3v) is 3.06. The van der Waals surface area contributed by atoms with Gasteiger partial charge in [-0.2, -0.15) is 0 Å². The molecule has 1 rings (SSSR count). The highest BCUT2D eigenvalue weighted by atomic mass is 79.9. The number of hydrogen-bond acceptors (Lipinski definition) is 4. The third kappa shape index (κ3) is 4.65. The highest BCUT2D eigenvalue weighted by Gasteiger charge is 2.13. The zero-order valence-corrected chi connectivity index (χ0v) is 12.6. The van der Waals surface area contributed by atoms with E-state index in [1.165, 1.54) is 0 Å². The molecule has 0 aromatic heterocycles.